The van der Waals surface area contributed by atoms with E-state index in [-0.39, 0.29) is 26.4 Å². The number of benzene rings is 6. The van der Waals surface area contributed by atoms with Crippen LogP contribution in [0.3, 0.4) is 0 Å². The maximum Gasteiger partial charge on any atom is 0.344 e. The third-order valence-electron chi connectivity index (χ3n) is 7.41. The third kappa shape index (κ3) is 5.57. The summed E-state index contributed by atoms with van der Waals surface area (Å²) in [6.45, 7) is 6.80. The smallest absolute Gasteiger partial charge is 0.344 e. The molecule has 0 spiro atoms. The SMILES string of the molecule is C=CCOC(=O)COc1ccc2ccc3ccccc3c2c1-c1c(OCC(=O)OCC=C)ccc2ccc3ccccc3c12. The highest BCUT2D eigenvalue weighted by Gasteiger charge is 2.23. The van der Waals surface area contributed by atoms with Crippen LogP contribution >= 0.6 is 0 Å². The fraction of sp³-hybridized carbons (Fsp3) is 0.105. The molecule has 0 radical (unpaired) electrons. The normalized spacial score (nSPS) is 11.0. The number of fused-ring (bicyclic) bond motifs is 6. The molecule has 0 atom stereocenters. The second kappa shape index (κ2) is 12.7. The largest absolute Gasteiger partial charge is 0.481 e. The van der Waals surface area contributed by atoms with Gasteiger partial charge >= 0.3 is 11.9 Å². The molecular weight excluding hydrogens is 552 g/mol. The van der Waals surface area contributed by atoms with Gasteiger partial charge < -0.3 is 18.9 Å². The Morgan fingerprint density at radius 3 is 1.34 bits per heavy atom. The monoisotopic (exact) mass is 582 g/mol. The molecule has 0 saturated carbocycles. The third-order valence-corrected chi connectivity index (χ3v) is 7.41. The van der Waals surface area contributed by atoms with Crippen LogP contribution in [0.15, 0.2) is 122 Å². The minimum atomic E-state index is -0.515. The highest BCUT2D eigenvalue weighted by Crippen LogP contribution is 2.49. The van der Waals surface area contributed by atoms with Gasteiger partial charge in [-0.25, -0.2) is 9.59 Å². The van der Waals surface area contributed by atoms with Crippen LogP contribution in [0.5, 0.6) is 11.5 Å². The molecule has 6 aromatic rings. The van der Waals surface area contributed by atoms with E-state index in [1.807, 2.05) is 48.5 Å². The number of rotatable bonds is 11. The van der Waals surface area contributed by atoms with Crippen molar-refractivity contribution in [1.29, 1.82) is 0 Å². The molecule has 0 aliphatic carbocycles. The van der Waals surface area contributed by atoms with Gasteiger partial charge in [0.15, 0.2) is 13.2 Å². The van der Waals surface area contributed by atoms with Gasteiger partial charge in [-0.2, -0.15) is 0 Å². The van der Waals surface area contributed by atoms with E-state index in [1.165, 1.54) is 12.2 Å². The Hall–Kier alpha value is -5.62. The summed E-state index contributed by atoms with van der Waals surface area (Å²) in [7, 11) is 0. The summed E-state index contributed by atoms with van der Waals surface area (Å²) in [6, 6.07) is 32.2. The maximum absolute atomic E-state index is 12.5. The van der Waals surface area contributed by atoms with Gasteiger partial charge in [0.05, 0.1) is 0 Å². The fourth-order valence-corrected chi connectivity index (χ4v) is 5.55. The molecule has 6 nitrogen and oxygen atoms in total. The molecule has 0 bridgehead atoms. The van der Waals surface area contributed by atoms with Gasteiger partial charge in [-0.3, -0.25) is 0 Å². The number of carbonyl (C=O) groups excluding carboxylic acids is 2. The molecule has 6 heteroatoms. The van der Waals surface area contributed by atoms with E-state index in [4.69, 9.17) is 18.9 Å². The van der Waals surface area contributed by atoms with Crippen LogP contribution in [0, 0.1) is 0 Å². The number of hydrogen-bond acceptors (Lipinski definition) is 6. The summed E-state index contributed by atoms with van der Waals surface area (Å²) in [5.41, 5.74) is 1.49. The maximum atomic E-state index is 12.5. The highest BCUT2D eigenvalue weighted by molar-refractivity contribution is 6.23. The molecule has 0 saturated heterocycles. The zero-order valence-corrected chi connectivity index (χ0v) is 24.1. The van der Waals surface area contributed by atoms with Crippen molar-refractivity contribution in [2.24, 2.45) is 0 Å². The first-order chi connectivity index (χ1) is 21.6. The lowest BCUT2D eigenvalue weighted by atomic mass is 9.88. The molecule has 6 aromatic carbocycles. The molecular formula is C38H30O6. The van der Waals surface area contributed by atoms with Gasteiger partial charge in [-0.05, 0) is 44.5 Å². The first kappa shape index (κ1) is 28.5. The van der Waals surface area contributed by atoms with Crippen LogP contribution in [-0.2, 0) is 19.1 Å². The summed E-state index contributed by atoms with van der Waals surface area (Å²) in [5.74, 6) is -0.0785. The van der Waals surface area contributed by atoms with Crippen LogP contribution in [0.1, 0.15) is 0 Å². The molecule has 0 heterocycles. The van der Waals surface area contributed by atoms with Crippen molar-refractivity contribution in [3.8, 4) is 22.6 Å². The molecule has 0 aliphatic rings. The minimum Gasteiger partial charge on any atom is -0.481 e. The zero-order valence-electron chi connectivity index (χ0n) is 24.1. The Labute approximate surface area is 254 Å². The van der Waals surface area contributed by atoms with Crippen LogP contribution in [0.4, 0.5) is 0 Å². The Morgan fingerprint density at radius 2 is 0.909 bits per heavy atom. The van der Waals surface area contributed by atoms with E-state index in [0.717, 1.165) is 54.2 Å². The van der Waals surface area contributed by atoms with Crippen molar-refractivity contribution >= 4 is 55.0 Å². The number of ether oxygens (including phenoxy) is 4. The van der Waals surface area contributed by atoms with Gasteiger partial charge in [0.2, 0.25) is 0 Å². The zero-order chi connectivity index (χ0) is 30.5. The Bertz CT molecular complexity index is 1910. The number of hydrogen-bond donors (Lipinski definition) is 0. The van der Waals surface area contributed by atoms with Crippen LogP contribution in [0.25, 0.3) is 54.2 Å². The topological polar surface area (TPSA) is 71.1 Å². The summed E-state index contributed by atoms with van der Waals surface area (Å²) in [5, 5.41) is 7.93. The quantitative estimate of drug-likeness (QED) is 0.0872. The van der Waals surface area contributed by atoms with Crippen molar-refractivity contribution in [2.75, 3.05) is 26.4 Å². The van der Waals surface area contributed by atoms with E-state index in [9.17, 15) is 9.59 Å². The predicted octanol–water partition coefficient (Wildman–Crippen LogP) is 8.18. The molecule has 44 heavy (non-hydrogen) atoms. The van der Waals surface area contributed by atoms with Gasteiger partial charge in [-0.15, -0.1) is 0 Å². The second-order valence-corrected chi connectivity index (χ2v) is 10.2. The van der Waals surface area contributed by atoms with Crippen molar-refractivity contribution in [1.82, 2.24) is 0 Å². The molecule has 0 aromatic heterocycles. The molecule has 218 valence electrons. The number of carbonyl (C=O) groups is 2. The summed E-state index contributed by atoms with van der Waals surface area (Å²) in [4.78, 5) is 25.1. The average molecular weight is 583 g/mol. The van der Waals surface area contributed by atoms with Crippen LogP contribution in [-0.4, -0.2) is 38.4 Å². The highest BCUT2D eigenvalue weighted by atomic mass is 16.6. The second-order valence-electron chi connectivity index (χ2n) is 10.2. The first-order valence-electron chi connectivity index (χ1n) is 14.3. The Kier molecular flexibility index (Phi) is 8.23. The molecule has 0 amide bonds. The lowest BCUT2D eigenvalue weighted by molar-refractivity contribution is -0.145. The molecule has 0 unspecified atom stereocenters. The van der Waals surface area contributed by atoms with Crippen molar-refractivity contribution in [2.45, 2.75) is 0 Å². The van der Waals surface area contributed by atoms with Gasteiger partial charge in [0.1, 0.15) is 24.7 Å². The van der Waals surface area contributed by atoms with Gasteiger partial charge in [-0.1, -0.05) is 110 Å². The number of esters is 2. The van der Waals surface area contributed by atoms with E-state index >= 15 is 0 Å². The molecule has 0 aliphatic heterocycles. The molecule has 6 rings (SSSR count). The first-order valence-corrected chi connectivity index (χ1v) is 14.3. The van der Waals surface area contributed by atoms with Gasteiger partial charge in [0, 0.05) is 21.9 Å². The predicted molar refractivity (Wildman–Crippen MR) is 175 cm³/mol. The summed E-state index contributed by atoms with van der Waals surface area (Å²) < 4.78 is 22.9. The van der Waals surface area contributed by atoms with Crippen molar-refractivity contribution < 1.29 is 28.5 Å². The molecule has 0 N–H and O–H groups in total. The fourth-order valence-electron chi connectivity index (χ4n) is 5.55. The van der Waals surface area contributed by atoms with Crippen LogP contribution < -0.4 is 9.47 Å². The van der Waals surface area contributed by atoms with Gasteiger partial charge in [0.25, 0.3) is 0 Å². The minimum absolute atomic E-state index is 0.0899. The Morgan fingerprint density at radius 1 is 0.523 bits per heavy atom. The standard InChI is InChI=1S/C38H30O6/c1-3-21-41-33(39)23-43-31-19-17-27-15-13-25-9-5-7-11-29(25)35(27)37(31)38-32(44-24-34(40)42-22-4-2)20-18-28-16-14-26-10-6-8-12-30(26)36(28)38/h3-20H,1-2,21-24H2. The van der Waals surface area contributed by atoms with E-state index < -0.39 is 11.9 Å². The average Bonchev–Trinajstić information content (AvgIpc) is 3.07. The van der Waals surface area contributed by atoms with Crippen molar-refractivity contribution in [3.05, 3.63) is 122 Å². The van der Waals surface area contributed by atoms with E-state index in [2.05, 4.69) is 61.7 Å². The van der Waals surface area contributed by atoms with E-state index in [0.29, 0.717) is 11.5 Å². The van der Waals surface area contributed by atoms with Crippen molar-refractivity contribution in [3.63, 3.8) is 0 Å². The lowest BCUT2D eigenvalue weighted by Crippen LogP contribution is -2.16. The Balaban J connectivity index is 1.67. The summed E-state index contributed by atoms with van der Waals surface area (Å²) in [6.07, 6.45) is 3.02. The van der Waals surface area contributed by atoms with E-state index in [1.54, 1.807) is 0 Å². The van der Waals surface area contributed by atoms with Crippen LogP contribution in [0.2, 0.25) is 0 Å². The summed E-state index contributed by atoms with van der Waals surface area (Å²) >= 11 is 0. The molecule has 0 fully saturated rings. The lowest BCUT2D eigenvalue weighted by Gasteiger charge is -2.21.